The lowest BCUT2D eigenvalue weighted by atomic mass is 10.2. The summed E-state index contributed by atoms with van der Waals surface area (Å²) >= 11 is 3.39. The number of benzene rings is 1. The summed E-state index contributed by atoms with van der Waals surface area (Å²) < 4.78 is 1.00. The van der Waals surface area contributed by atoms with Crippen LogP contribution < -0.4 is 11.5 Å². The van der Waals surface area contributed by atoms with E-state index < -0.39 is 0 Å². The SMILES string of the molecule is CCN(C(=N)N)C(N)=NCc1cccc(Br)c1. The zero-order valence-electron chi connectivity index (χ0n) is 9.65. The fourth-order valence-corrected chi connectivity index (χ4v) is 1.80. The van der Waals surface area contributed by atoms with E-state index in [2.05, 4.69) is 20.9 Å². The number of rotatable bonds is 3. The van der Waals surface area contributed by atoms with Crippen molar-refractivity contribution in [2.45, 2.75) is 13.5 Å². The molecule has 0 bridgehead atoms. The van der Waals surface area contributed by atoms with Gasteiger partial charge in [0.2, 0.25) is 0 Å². The molecule has 0 heterocycles. The molecule has 0 atom stereocenters. The number of guanidine groups is 2. The first-order chi connectivity index (χ1) is 8.04. The highest BCUT2D eigenvalue weighted by atomic mass is 79.9. The molecule has 5 N–H and O–H groups in total. The third-order valence-electron chi connectivity index (χ3n) is 2.20. The number of halogens is 1. The van der Waals surface area contributed by atoms with Crippen LogP contribution in [0.5, 0.6) is 0 Å². The van der Waals surface area contributed by atoms with E-state index in [-0.39, 0.29) is 11.9 Å². The molecule has 0 fully saturated rings. The molecular weight excluding hydrogens is 282 g/mol. The molecular formula is C11H16BrN5. The first kappa shape index (κ1) is 13.5. The number of hydrogen-bond acceptors (Lipinski definition) is 2. The Kier molecular flexibility index (Phi) is 4.96. The van der Waals surface area contributed by atoms with E-state index in [9.17, 15) is 0 Å². The molecule has 0 unspecified atom stereocenters. The van der Waals surface area contributed by atoms with E-state index in [1.807, 2.05) is 31.2 Å². The molecule has 0 aromatic heterocycles. The van der Waals surface area contributed by atoms with Crippen molar-refractivity contribution in [3.8, 4) is 0 Å². The van der Waals surface area contributed by atoms with Crippen molar-refractivity contribution in [2.75, 3.05) is 6.54 Å². The molecule has 1 aromatic rings. The summed E-state index contributed by atoms with van der Waals surface area (Å²) in [5, 5.41) is 7.33. The Hall–Kier alpha value is -1.56. The van der Waals surface area contributed by atoms with Gasteiger partial charge in [-0.05, 0) is 24.6 Å². The zero-order chi connectivity index (χ0) is 12.8. The lowest BCUT2D eigenvalue weighted by molar-refractivity contribution is 0.618. The topological polar surface area (TPSA) is 91.5 Å². The zero-order valence-corrected chi connectivity index (χ0v) is 11.2. The van der Waals surface area contributed by atoms with Crippen molar-refractivity contribution >= 4 is 27.8 Å². The molecule has 0 spiro atoms. The molecule has 0 aliphatic carbocycles. The maximum absolute atomic E-state index is 7.33. The normalized spacial score (nSPS) is 11.3. The van der Waals surface area contributed by atoms with E-state index in [4.69, 9.17) is 16.9 Å². The van der Waals surface area contributed by atoms with Gasteiger partial charge in [0, 0.05) is 11.0 Å². The predicted molar refractivity (Wildman–Crippen MR) is 73.8 cm³/mol. The van der Waals surface area contributed by atoms with Gasteiger partial charge in [-0.3, -0.25) is 10.3 Å². The standard InChI is InChI=1S/C11H16BrN5/c1-2-17(10(13)14)11(15)16-7-8-4-3-5-9(12)6-8/h3-6H,2,7H2,1H3,(H3,13,14)(H2,15,16). The summed E-state index contributed by atoms with van der Waals surface area (Å²) in [5.74, 6) is 0.169. The van der Waals surface area contributed by atoms with Crippen LogP contribution in [0.4, 0.5) is 0 Å². The third-order valence-corrected chi connectivity index (χ3v) is 2.69. The van der Waals surface area contributed by atoms with Gasteiger partial charge in [0.05, 0.1) is 6.54 Å². The molecule has 17 heavy (non-hydrogen) atoms. The van der Waals surface area contributed by atoms with E-state index >= 15 is 0 Å². The Morgan fingerprint density at radius 1 is 1.47 bits per heavy atom. The molecule has 1 aromatic carbocycles. The van der Waals surface area contributed by atoms with Crippen LogP contribution in [0.2, 0.25) is 0 Å². The van der Waals surface area contributed by atoms with Gasteiger partial charge >= 0.3 is 0 Å². The number of nitrogens with zero attached hydrogens (tertiary/aromatic N) is 2. The van der Waals surface area contributed by atoms with Crippen LogP contribution in [0.15, 0.2) is 33.7 Å². The van der Waals surface area contributed by atoms with Gasteiger partial charge in [-0.25, -0.2) is 4.99 Å². The van der Waals surface area contributed by atoms with Crippen molar-refractivity contribution in [1.82, 2.24) is 4.90 Å². The Bertz CT molecular complexity index is 430. The molecule has 0 aliphatic rings. The highest BCUT2D eigenvalue weighted by Crippen LogP contribution is 2.12. The Labute approximate surface area is 109 Å². The first-order valence-electron chi connectivity index (χ1n) is 5.20. The summed E-state index contributed by atoms with van der Waals surface area (Å²) in [6.45, 7) is 2.86. The van der Waals surface area contributed by atoms with Crippen LogP contribution in [0.3, 0.4) is 0 Å². The van der Waals surface area contributed by atoms with Gasteiger partial charge in [0.25, 0.3) is 0 Å². The molecule has 0 aliphatic heterocycles. The van der Waals surface area contributed by atoms with Gasteiger partial charge in [0.15, 0.2) is 11.9 Å². The number of nitrogens with one attached hydrogen (secondary N) is 1. The average molecular weight is 298 g/mol. The number of hydrogen-bond donors (Lipinski definition) is 3. The van der Waals surface area contributed by atoms with E-state index in [0.29, 0.717) is 13.1 Å². The summed E-state index contributed by atoms with van der Waals surface area (Å²) in [6.07, 6.45) is 0. The smallest absolute Gasteiger partial charge is 0.198 e. The Morgan fingerprint density at radius 3 is 2.71 bits per heavy atom. The molecule has 0 radical (unpaired) electrons. The van der Waals surface area contributed by atoms with Crippen molar-refractivity contribution < 1.29 is 0 Å². The minimum atomic E-state index is -0.0945. The molecule has 6 heteroatoms. The van der Waals surface area contributed by atoms with Crippen LogP contribution in [-0.2, 0) is 6.54 Å². The van der Waals surface area contributed by atoms with E-state index in [0.717, 1.165) is 10.0 Å². The first-order valence-corrected chi connectivity index (χ1v) is 5.99. The monoisotopic (exact) mass is 297 g/mol. The number of aliphatic imine (C=N–C) groups is 1. The predicted octanol–water partition coefficient (Wildman–Crippen LogP) is 1.48. The lowest BCUT2D eigenvalue weighted by Crippen LogP contribution is -2.45. The minimum absolute atomic E-state index is 0.0945. The van der Waals surface area contributed by atoms with Gasteiger partial charge in [-0.2, -0.15) is 0 Å². The van der Waals surface area contributed by atoms with Crippen molar-refractivity contribution in [1.29, 1.82) is 5.41 Å². The van der Waals surface area contributed by atoms with Crippen LogP contribution in [0.1, 0.15) is 12.5 Å². The summed E-state index contributed by atoms with van der Waals surface area (Å²) in [4.78, 5) is 5.65. The van der Waals surface area contributed by atoms with Crippen LogP contribution in [-0.4, -0.2) is 23.4 Å². The Balaban J connectivity index is 2.73. The van der Waals surface area contributed by atoms with E-state index in [1.54, 1.807) is 0 Å². The van der Waals surface area contributed by atoms with Gasteiger partial charge < -0.3 is 11.5 Å². The maximum Gasteiger partial charge on any atom is 0.198 e. The largest absolute Gasteiger partial charge is 0.370 e. The molecule has 0 saturated heterocycles. The second kappa shape index (κ2) is 6.24. The quantitative estimate of drug-likeness (QED) is 0.583. The molecule has 5 nitrogen and oxygen atoms in total. The third kappa shape index (κ3) is 4.07. The summed E-state index contributed by atoms with van der Waals surface area (Å²) in [6, 6.07) is 7.82. The van der Waals surface area contributed by atoms with Crippen molar-refractivity contribution in [3.63, 3.8) is 0 Å². The average Bonchev–Trinajstić information content (AvgIpc) is 2.27. The molecule has 1 rings (SSSR count). The second-order valence-electron chi connectivity index (χ2n) is 3.43. The Morgan fingerprint density at radius 2 is 2.18 bits per heavy atom. The fraction of sp³-hybridized carbons (Fsp3) is 0.273. The maximum atomic E-state index is 7.33. The van der Waals surface area contributed by atoms with Crippen LogP contribution >= 0.6 is 15.9 Å². The van der Waals surface area contributed by atoms with Crippen molar-refractivity contribution in [2.24, 2.45) is 16.5 Å². The highest BCUT2D eigenvalue weighted by Gasteiger charge is 2.07. The highest BCUT2D eigenvalue weighted by molar-refractivity contribution is 9.10. The van der Waals surface area contributed by atoms with Crippen LogP contribution in [0.25, 0.3) is 0 Å². The summed E-state index contributed by atoms with van der Waals surface area (Å²) in [5.41, 5.74) is 12.2. The van der Waals surface area contributed by atoms with Gasteiger partial charge in [-0.1, -0.05) is 28.1 Å². The summed E-state index contributed by atoms with van der Waals surface area (Å²) in [7, 11) is 0. The van der Waals surface area contributed by atoms with Crippen molar-refractivity contribution in [3.05, 3.63) is 34.3 Å². The molecule has 92 valence electrons. The fourth-order valence-electron chi connectivity index (χ4n) is 1.35. The lowest BCUT2D eigenvalue weighted by Gasteiger charge is -2.19. The molecule has 0 saturated carbocycles. The van der Waals surface area contributed by atoms with Gasteiger partial charge in [-0.15, -0.1) is 0 Å². The van der Waals surface area contributed by atoms with E-state index in [1.165, 1.54) is 4.90 Å². The molecule has 0 amide bonds. The minimum Gasteiger partial charge on any atom is -0.370 e. The second-order valence-corrected chi connectivity index (χ2v) is 4.35. The van der Waals surface area contributed by atoms with Crippen LogP contribution in [0, 0.1) is 5.41 Å². The number of nitrogens with two attached hydrogens (primary N) is 2. The van der Waals surface area contributed by atoms with Gasteiger partial charge in [0.1, 0.15) is 0 Å².